The van der Waals surface area contributed by atoms with Gasteiger partial charge in [-0.15, -0.1) is 0 Å². The largest absolute Gasteiger partial charge is 0.456 e. The Bertz CT molecular complexity index is 2490. The first-order valence-corrected chi connectivity index (χ1v) is 17.9. The third kappa shape index (κ3) is 4.40. The second kappa shape index (κ2) is 10.7. The summed E-state index contributed by atoms with van der Waals surface area (Å²) in [5.41, 5.74) is 10.1. The lowest BCUT2D eigenvalue weighted by atomic mass is 9.48. The summed E-state index contributed by atoms with van der Waals surface area (Å²) in [7, 11) is 0. The molecule has 0 radical (unpaired) electrons. The van der Waals surface area contributed by atoms with E-state index in [-0.39, 0.29) is 5.41 Å². The van der Waals surface area contributed by atoms with Gasteiger partial charge in [-0.2, -0.15) is 0 Å². The molecule has 0 atom stereocenters. The number of benzene rings is 5. The zero-order chi connectivity index (χ0) is 32.8. The zero-order valence-corrected chi connectivity index (χ0v) is 27.5. The fraction of sp³-hybridized carbons (Fsp3) is 0.227. The Hall–Kier alpha value is -5.62. The van der Waals surface area contributed by atoms with Crippen LogP contribution in [0.1, 0.15) is 44.1 Å². The molecule has 12 rings (SSSR count). The Morgan fingerprint density at radius 1 is 0.540 bits per heavy atom. The molecule has 0 unspecified atom stereocenters. The summed E-state index contributed by atoms with van der Waals surface area (Å²) in [5.74, 6) is 4.50. The number of nitrogens with zero attached hydrogens (tertiary/aromatic N) is 4. The van der Waals surface area contributed by atoms with Gasteiger partial charge in [-0.3, -0.25) is 0 Å². The van der Waals surface area contributed by atoms with Crippen molar-refractivity contribution in [1.29, 1.82) is 0 Å². The number of rotatable bonds is 5. The number of oxazole rings is 1. The van der Waals surface area contributed by atoms with Gasteiger partial charge in [-0.1, -0.05) is 84.9 Å². The Morgan fingerprint density at radius 2 is 1.08 bits per heavy atom. The summed E-state index contributed by atoms with van der Waals surface area (Å²) in [4.78, 5) is 19.5. The van der Waals surface area contributed by atoms with Gasteiger partial charge in [0.25, 0.3) is 0 Å². The number of fused-ring (bicyclic) bond motifs is 4. The topological polar surface area (TPSA) is 77.8 Å². The van der Waals surface area contributed by atoms with Gasteiger partial charge >= 0.3 is 0 Å². The molecule has 6 nitrogen and oxygen atoms in total. The summed E-state index contributed by atoms with van der Waals surface area (Å²) >= 11 is 0. The summed E-state index contributed by atoms with van der Waals surface area (Å²) in [6.07, 6.45) is 9.83. The van der Waals surface area contributed by atoms with E-state index in [9.17, 15) is 0 Å². The van der Waals surface area contributed by atoms with E-state index in [1.807, 2.05) is 66.7 Å². The van der Waals surface area contributed by atoms with Crippen LogP contribution in [0.3, 0.4) is 0 Å². The highest BCUT2D eigenvalue weighted by atomic mass is 16.3. The van der Waals surface area contributed by atoms with Gasteiger partial charge in [0.15, 0.2) is 29.4 Å². The van der Waals surface area contributed by atoms with Crippen molar-refractivity contribution in [2.24, 2.45) is 17.8 Å². The van der Waals surface area contributed by atoms with Crippen LogP contribution in [0.15, 0.2) is 124 Å². The van der Waals surface area contributed by atoms with Crippen LogP contribution in [0.25, 0.3) is 78.3 Å². The van der Waals surface area contributed by atoms with E-state index in [0.29, 0.717) is 17.5 Å². The van der Waals surface area contributed by atoms with Crippen molar-refractivity contribution in [1.82, 2.24) is 19.9 Å². The SMILES string of the molecule is c1ccc(-c2nc(-c3ccccc3)nc(-c3ccc4c(c3)oc3cc(-c5ccc(C67CC8CC(CC(C8)C6)C7)c6ncoc56)ccc34)n2)cc1. The molecule has 4 saturated carbocycles. The molecule has 4 aliphatic carbocycles. The number of furan rings is 1. The van der Waals surface area contributed by atoms with E-state index in [1.165, 1.54) is 44.1 Å². The number of aromatic nitrogens is 4. The highest BCUT2D eigenvalue weighted by Gasteiger charge is 2.52. The van der Waals surface area contributed by atoms with Gasteiger partial charge in [0.1, 0.15) is 16.7 Å². The molecule has 6 heteroatoms. The lowest BCUT2D eigenvalue weighted by molar-refractivity contribution is -0.00457. The van der Waals surface area contributed by atoms with Crippen LogP contribution in [0.4, 0.5) is 0 Å². The molecule has 0 spiro atoms. The second-order valence-corrected chi connectivity index (χ2v) is 15.0. The number of hydrogen-bond acceptors (Lipinski definition) is 6. The van der Waals surface area contributed by atoms with Crippen LogP contribution in [-0.2, 0) is 5.41 Å². The first-order chi connectivity index (χ1) is 24.7. The summed E-state index contributed by atoms with van der Waals surface area (Å²) in [6, 6.07) is 37.4. The van der Waals surface area contributed by atoms with Gasteiger partial charge in [-0.05, 0) is 97.1 Å². The van der Waals surface area contributed by atoms with Gasteiger partial charge in [0.05, 0.1) is 0 Å². The van der Waals surface area contributed by atoms with Gasteiger partial charge < -0.3 is 8.83 Å². The van der Waals surface area contributed by atoms with Gasteiger partial charge in [0, 0.05) is 33.0 Å². The van der Waals surface area contributed by atoms with Crippen molar-refractivity contribution in [3.8, 4) is 45.3 Å². The summed E-state index contributed by atoms with van der Waals surface area (Å²) < 4.78 is 12.7. The highest BCUT2D eigenvalue weighted by molar-refractivity contribution is 6.07. The minimum Gasteiger partial charge on any atom is -0.456 e. The van der Waals surface area contributed by atoms with E-state index in [4.69, 9.17) is 28.8 Å². The normalized spacial score (nSPS) is 22.6. The van der Waals surface area contributed by atoms with Crippen LogP contribution in [0.5, 0.6) is 0 Å². The minimum absolute atomic E-state index is 0.255. The Balaban J connectivity index is 0.988. The van der Waals surface area contributed by atoms with Crippen molar-refractivity contribution in [2.45, 2.75) is 43.9 Å². The third-order valence-electron chi connectivity index (χ3n) is 11.8. The van der Waals surface area contributed by atoms with E-state index >= 15 is 0 Å². The van der Waals surface area contributed by atoms with Crippen LogP contribution >= 0.6 is 0 Å². The van der Waals surface area contributed by atoms with Crippen LogP contribution in [0, 0.1) is 17.8 Å². The molecule has 5 aromatic carbocycles. The van der Waals surface area contributed by atoms with E-state index < -0.39 is 0 Å². The fourth-order valence-corrected chi connectivity index (χ4v) is 10.1. The van der Waals surface area contributed by atoms with Crippen LogP contribution < -0.4 is 0 Å². The predicted molar refractivity (Wildman–Crippen MR) is 196 cm³/mol. The number of hydrogen-bond donors (Lipinski definition) is 0. The highest BCUT2D eigenvalue weighted by Crippen LogP contribution is 2.61. The maximum Gasteiger partial charge on any atom is 0.182 e. The molecule has 242 valence electrons. The molecule has 0 N–H and O–H groups in total. The summed E-state index contributed by atoms with van der Waals surface area (Å²) in [5, 5.41) is 2.12. The molecule has 3 heterocycles. The Labute approximate surface area is 289 Å². The molecule has 4 bridgehead atoms. The molecule has 4 aliphatic rings. The standard InChI is InChI=1S/C44H34N4O2/c1-3-7-29(8-4-1)41-46-42(30-9-5-2-6-10-30)48-43(47-41)32-12-14-35-34-13-11-31(20-37(34)50-38(35)21-32)33-15-16-36(39-40(33)49-25-45-39)44-22-26-17-27(23-44)19-28(18-26)24-44/h1-16,20-21,25-28H,17-19,22-24H2. The average molecular weight is 651 g/mol. The maximum atomic E-state index is 6.57. The monoisotopic (exact) mass is 650 g/mol. The molecular weight excluding hydrogens is 617 g/mol. The molecule has 0 aliphatic heterocycles. The van der Waals surface area contributed by atoms with Crippen LogP contribution in [0.2, 0.25) is 0 Å². The first-order valence-electron chi connectivity index (χ1n) is 17.9. The van der Waals surface area contributed by atoms with E-state index in [2.05, 4.69) is 42.5 Å². The van der Waals surface area contributed by atoms with Crippen molar-refractivity contribution in [2.75, 3.05) is 0 Å². The Kier molecular flexibility index (Phi) is 6.04. The predicted octanol–water partition coefficient (Wildman–Crippen LogP) is 11.0. The van der Waals surface area contributed by atoms with Gasteiger partial charge in [-0.25, -0.2) is 19.9 Å². The van der Waals surface area contributed by atoms with Crippen molar-refractivity contribution in [3.63, 3.8) is 0 Å². The van der Waals surface area contributed by atoms with Gasteiger partial charge in [0.2, 0.25) is 0 Å². The average Bonchev–Trinajstić information content (AvgIpc) is 3.79. The van der Waals surface area contributed by atoms with E-state index in [0.717, 1.165) is 78.6 Å². The summed E-state index contributed by atoms with van der Waals surface area (Å²) in [6.45, 7) is 0. The molecule has 0 saturated heterocycles. The third-order valence-corrected chi connectivity index (χ3v) is 11.8. The molecule has 4 fully saturated rings. The van der Waals surface area contributed by atoms with Crippen LogP contribution in [-0.4, -0.2) is 19.9 Å². The zero-order valence-electron chi connectivity index (χ0n) is 27.5. The second-order valence-electron chi connectivity index (χ2n) is 15.0. The molecule has 8 aromatic rings. The fourth-order valence-electron chi connectivity index (χ4n) is 10.1. The molecule has 50 heavy (non-hydrogen) atoms. The van der Waals surface area contributed by atoms with E-state index in [1.54, 1.807) is 6.39 Å². The first kappa shape index (κ1) is 28.2. The molecule has 3 aromatic heterocycles. The quantitative estimate of drug-likeness (QED) is 0.184. The Morgan fingerprint density at radius 3 is 1.68 bits per heavy atom. The smallest absolute Gasteiger partial charge is 0.182 e. The van der Waals surface area contributed by atoms with Crippen molar-refractivity contribution >= 4 is 33.0 Å². The van der Waals surface area contributed by atoms with Crippen molar-refractivity contribution in [3.05, 3.63) is 121 Å². The lowest BCUT2D eigenvalue weighted by Crippen LogP contribution is -2.48. The van der Waals surface area contributed by atoms with Crippen molar-refractivity contribution < 1.29 is 8.83 Å². The minimum atomic E-state index is 0.255. The lowest BCUT2D eigenvalue weighted by Gasteiger charge is -2.57. The maximum absolute atomic E-state index is 6.57. The molecule has 0 amide bonds. The molecular formula is C44H34N4O2.